The topological polar surface area (TPSA) is 49.2 Å². The lowest BCUT2D eigenvalue weighted by atomic mass is 10.00. The summed E-state index contributed by atoms with van der Waals surface area (Å²) in [6, 6.07) is 4.49. The first-order valence-electron chi connectivity index (χ1n) is 7.12. The maximum Gasteiger partial charge on any atom is 0.148 e. The Kier molecular flexibility index (Phi) is 4.28. The highest BCUT2D eigenvalue weighted by atomic mass is 32.1. The Balaban J connectivity index is 1.87. The van der Waals surface area contributed by atoms with Crippen molar-refractivity contribution in [2.75, 3.05) is 18.1 Å². The van der Waals surface area contributed by atoms with Gasteiger partial charge in [0.2, 0.25) is 0 Å². The van der Waals surface area contributed by atoms with Gasteiger partial charge in [0.15, 0.2) is 0 Å². The number of nitrogens with zero attached hydrogens (tertiary/aromatic N) is 3. The molecule has 0 aliphatic carbocycles. The minimum Gasteiger partial charge on any atom is -0.396 e. The highest BCUT2D eigenvalue weighted by molar-refractivity contribution is 7.13. The maximum atomic E-state index is 9.23. The second kappa shape index (κ2) is 6.33. The van der Waals surface area contributed by atoms with E-state index in [2.05, 4.69) is 21.3 Å². The molecule has 0 saturated carbocycles. The zero-order chi connectivity index (χ0) is 13.8. The first-order chi connectivity index (χ1) is 9.88. The second-order valence-electron chi connectivity index (χ2n) is 5.10. The zero-order valence-electron chi connectivity index (χ0n) is 11.4. The van der Waals surface area contributed by atoms with E-state index in [0.29, 0.717) is 6.04 Å². The minimum absolute atomic E-state index is 0.235. The van der Waals surface area contributed by atoms with Crippen molar-refractivity contribution in [1.29, 1.82) is 0 Å². The molecular weight excluding hydrogens is 270 g/mol. The standard InChI is InChI=1S/C15H19N3OS/c19-8-6-12-4-1-2-7-18(12)15-11-16-10-13(17-15)14-5-3-9-20-14/h3,5,9-12,19H,1-2,4,6-8H2. The summed E-state index contributed by atoms with van der Waals surface area (Å²) in [4.78, 5) is 12.6. The first kappa shape index (κ1) is 13.5. The van der Waals surface area contributed by atoms with E-state index in [1.165, 1.54) is 12.8 Å². The summed E-state index contributed by atoms with van der Waals surface area (Å²) in [5.41, 5.74) is 0.936. The number of aliphatic hydroxyl groups is 1. The quantitative estimate of drug-likeness (QED) is 0.940. The smallest absolute Gasteiger partial charge is 0.148 e. The molecule has 2 aromatic rings. The average molecular weight is 289 g/mol. The molecule has 20 heavy (non-hydrogen) atoms. The summed E-state index contributed by atoms with van der Waals surface area (Å²) < 4.78 is 0. The highest BCUT2D eigenvalue weighted by Gasteiger charge is 2.23. The fraction of sp³-hybridized carbons (Fsp3) is 0.467. The second-order valence-corrected chi connectivity index (χ2v) is 6.04. The predicted molar refractivity (Wildman–Crippen MR) is 82.0 cm³/mol. The molecule has 1 fully saturated rings. The molecule has 5 heteroatoms. The monoisotopic (exact) mass is 289 g/mol. The molecule has 1 saturated heterocycles. The fourth-order valence-corrected chi connectivity index (χ4v) is 3.47. The average Bonchev–Trinajstić information content (AvgIpc) is 3.03. The van der Waals surface area contributed by atoms with Crippen molar-refractivity contribution in [2.24, 2.45) is 0 Å². The lowest BCUT2D eigenvalue weighted by molar-refractivity contribution is 0.262. The van der Waals surface area contributed by atoms with E-state index in [1.807, 2.05) is 18.5 Å². The minimum atomic E-state index is 0.235. The number of hydrogen-bond acceptors (Lipinski definition) is 5. The van der Waals surface area contributed by atoms with Gasteiger partial charge in [0.25, 0.3) is 0 Å². The fourth-order valence-electron chi connectivity index (χ4n) is 2.79. The molecule has 4 nitrogen and oxygen atoms in total. The number of thiophene rings is 1. The van der Waals surface area contributed by atoms with Gasteiger partial charge in [-0.3, -0.25) is 4.98 Å². The summed E-state index contributed by atoms with van der Waals surface area (Å²) in [7, 11) is 0. The molecule has 3 rings (SSSR count). The molecule has 0 bridgehead atoms. The number of aliphatic hydroxyl groups excluding tert-OH is 1. The molecule has 0 amide bonds. The molecule has 3 heterocycles. The predicted octanol–water partition coefficient (Wildman–Crippen LogP) is 2.95. The van der Waals surface area contributed by atoms with E-state index in [1.54, 1.807) is 11.3 Å². The van der Waals surface area contributed by atoms with E-state index in [4.69, 9.17) is 4.98 Å². The lowest BCUT2D eigenvalue weighted by Gasteiger charge is -2.36. The summed E-state index contributed by atoms with van der Waals surface area (Å²) in [6.07, 6.45) is 8.02. The van der Waals surface area contributed by atoms with Gasteiger partial charge < -0.3 is 10.0 Å². The molecule has 0 radical (unpaired) electrons. The third-order valence-corrected chi connectivity index (χ3v) is 4.67. The van der Waals surface area contributed by atoms with Crippen molar-refractivity contribution in [2.45, 2.75) is 31.7 Å². The largest absolute Gasteiger partial charge is 0.396 e. The zero-order valence-corrected chi connectivity index (χ0v) is 12.2. The van der Waals surface area contributed by atoms with E-state index in [0.717, 1.165) is 35.8 Å². The number of anilines is 1. The lowest BCUT2D eigenvalue weighted by Crippen LogP contribution is -2.40. The van der Waals surface area contributed by atoms with Gasteiger partial charge in [0.05, 0.1) is 17.3 Å². The number of aromatic nitrogens is 2. The van der Waals surface area contributed by atoms with Crippen LogP contribution in [-0.2, 0) is 0 Å². The van der Waals surface area contributed by atoms with Crippen LogP contribution in [0.25, 0.3) is 10.6 Å². The normalized spacial score (nSPS) is 19.2. The van der Waals surface area contributed by atoms with Crippen LogP contribution in [0.4, 0.5) is 5.82 Å². The number of piperidine rings is 1. The van der Waals surface area contributed by atoms with Crippen molar-refractivity contribution in [1.82, 2.24) is 9.97 Å². The van der Waals surface area contributed by atoms with Crippen molar-refractivity contribution in [3.05, 3.63) is 29.9 Å². The molecule has 2 aromatic heterocycles. The Labute approximate surface area is 123 Å². The summed E-state index contributed by atoms with van der Waals surface area (Å²) in [5.74, 6) is 0.939. The number of hydrogen-bond donors (Lipinski definition) is 1. The van der Waals surface area contributed by atoms with Crippen LogP contribution < -0.4 is 4.90 Å². The van der Waals surface area contributed by atoms with Crippen molar-refractivity contribution < 1.29 is 5.11 Å². The van der Waals surface area contributed by atoms with Gasteiger partial charge in [0, 0.05) is 19.2 Å². The van der Waals surface area contributed by atoms with Gasteiger partial charge in [0.1, 0.15) is 11.5 Å². The molecule has 0 aromatic carbocycles. The van der Waals surface area contributed by atoms with E-state index in [-0.39, 0.29) is 6.61 Å². The molecule has 1 N–H and O–H groups in total. The van der Waals surface area contributed by atoms with Crippen LogP contribution in [0.15, 0.2) is 29.9 Å². The molecule has 106 valence electrons. The van der Waals surface area contributed by atoms with Gasteiger partial charge in [-0.25, -0.2) is 4.98 Å². The van der Waals surface area contributed by atoms with Gasteiger partial charge in [-0.15, -0.1) is 11.3 Å². The van der Waals surface area contributed by atoms with E-state index < -0.39 is 0 Å². The molecule has 1 atom stereocenters. The van der Waals surface area contributed by atoms with Crippen molar-refractivity contribution in [3.8, 4) is 10.6 Å². The third-order valence-electron chi connectivity index (χ3n) is 3.78. The summed E-state index contributed by atoms with van der Waals surface area (Å²) in [5, 5.41) is 11.3. The Morgan fingerprint density at radius 1 is 1.35 bits per heavy atom. The van der Waals surface area contributed by atoms with Crippen LogP contribution in [0.2, 0.25) is 0 Å². The molecule has 1 unspecified atom stereocenters. The van der Waals surface area contributed by atoms with Crippen LogP contribution >= 0.6 is 11.3 Å². The Bertz CT molecular complexity index is 542. The maximum absolute atomic E-state index is 9.23. The van der Waals surface area contributed by atoms with Gasteiger partial charge in [-0.1, -0.05) is 6.07 Å². The van der Waals surface area contributed by atoms with Crippen LogP contribution in [0.3, 0.4) is 0 Å². The highest BCUT2D eigenvalue weighted by Crippen LogP contribution is 2.28. The van der Waals surface area contributed by atoms with E-state index >= 15 is 0 Å². The SMILES string of the molecule is OCCC1CCCCN1c1cncc(-c2cccs2)n1. The molecule has 1 aliphatic rings. The van der Waals surface area contributed by atoms with Crippen LogP contribution in [-0.4, -0.2) is 34.3 Å². The van der Waals surface area contributed by atoms with Crippen LogP contribution in [0.1, 0.15) is 25.7 Å². The van der Waals surface area contributed by atoms with E-state index in [9.17, 15) is 5.11 Å². The number of rotatable bonds is 4. The molecular formula is C15H19N3OS. The Morgan fingerprint density at radius 3 is 3.10 bits per heavy atom. The summed E-state index contributed by atoms with van der Waals surface area (Å²) >= 11 is 1.68. The van der Waals surface area contributed by atoms with Crippen molar-refractivity contribution in [3.63, 3.8) is 0 Å². The van der Waals surface area contributed by atoms with Gasteiger partial charge in [-0.2, -0.15) is 0 Å². The Hall–Kier alpha value is -1.46. The van der Waals surface area contributed by atoms with Gasteiger partial charge >= 0.3 is 0 Å². The first-order valence-corrected chi connectivity index (χ1v) is 8.00. The Morgan fingerprint density at radius 2 is 2.30 bits per heavy atom. The van der Waals surface area contributed by atoms with Crippen LogP contribution in [0, 0.1) is 0 Å². The third kappa shape index (κ3) is 2.83. The van der Waals surface area contributed by atoms with Crippen molar-refractivity contribution >= 4 is 17.2 Å². The van der Waals surface area contributed by atoms with Gasteiger partial charge in [-0.05, 0) is 37.1 Å². The van der Waals surface area contributed by atoms with Crippen LogP contribution in [0.5, 0.6) is 0 Å². The summed E-state index contributed by atoms with van der Waals surface area (Å²) in [6.45, 7) is 1.24. The molecule has 1 aliphatic heterocycles. The molecule has 0 spiro atoms.